The van der Waals surface area contributed by atoms with Gasteiger partial charge in [0, 0.05) is 27.8 Å². The van der Waals surface area contributed by atoms with Crippen LogP contribution in [0.2, 0.25) is 0 Å². The molecule has 1 heterocycles. The van der Waals surface area contributed by atoms with Crippen LogP contribution < -0.4 is 0 Å². The molecule has 0 radical (unpaired) electrons. The number of fused-ring (bicyclic) bond motifs is 5. The minimum absolute atomic E-state index is 0.119. The standard InChI is InChI=1S/C31H30N2O/c1-30(2,3)24-17-21(18-25(28(24)34)31(4,5)6)29-32-26-22-13-9-7-11-19(22)15-16-20-12-8-10-14-23(20)27(26)33-29/h7-18H,1-6H3. The molecular formula is C31H30N2O. The lowest BCUT2D eigenvalue weighted by Gasteiger charge is -2.31. The van der Waals surface area contributed by atoms with Crippen molar-refractivity contribution >= 4 is 29.4 Å². The van der Waals surface area contributed by atoms with Crippen molar-refractivity contribution in [2.45, 2.75) is 41.5 Å². The largest absolute Gasteiger partial charge is 0.289 e. The second kappa shape index (κ2) is 7.73. The summed E-state index contributed by atoms with van der Waals surface area (Å²) in [6.07, 6.45) is 8.28. The summed E-state index contributed by atoms with van der Waals surface area (Å²) < 4.78 is 0. The number of ketones is 1. The van der Waals surface area contributed by atoms with Crippen molar-refractivity contribution in [2.24, 2.45) is 20.8 Å². The van der Waals surface area contributed by atoms with Crippen molar-refractivity contribution in [3.8, 4) is 0 Å². The highest BCUT2D eigenvalue weighted by Gasteiger charge is 2.35. The summed E-state index contributed by atoms with van der Waals surface area (Å²) in [6.45, 7) is 12.5. The zero-order valence-corrected chi connectivity index (χ0v) is 20.7. The van der Waals surface area contributed by atoms with Crippen LogP contribution in [-0.2, 0) is 4.79 Å². The highest BCUT2D eigenvalue weighted by Crippen LogP contribution is 2.40. The Balaban J connectivity index is 1.81. The van der Waals surface area contributed by atoms with Crippen molar-refractivity contribution in [3.05, 3.63) is 105 Å². The fraction of sp³-hybridized carbons (Fsp3) is 0.258. The Hall–Kier alpha value is -3.59. The summed E-state index contributed by atoms with van der Waals surface area (Å²) in [6, 6.07) is 16.6. The molecule has 0 aromatic heterocycles. The van der Waals surface area contributed by atoms with Crippen LogP contribution in [0.15, 0.2) is 93.2 Å². The molecule has 0 saturated heterocycles. The number of allylic oxidation sites excluding steroid dienone is 5. The Bertz CT molecular complexity index is 1310. The van der Waals surface area contributed by atoms with Crippen LogP contribution in [0.25, 0.3) is 12.2 Å². The van der Waals surface area contributed by atoms with E-state index in [1.54, 1.807) is 0 Å². The van der Waals surface area contributed by atoms with Crippen LogP contribution >= 0.6 is 0 Å². The third-order valence-electron chi connectivity index (χ3n) is 6.50. The summed E-state index contributed by atoms with van der Waals surface area (Å²) in [5.74, 6) is 0.779. The molecule has 0 unspecified atom stereocenters. The van der Waals surface area contributed by atoms with Crippen molar-refractivity contribution in [2.75, 3.05) is 0 Å². The number of nitrogens with zero attached hydrogens (tertiary/aromatic N) is 2. The predicted octanol–water partition coefficient (Wildman–Crippen LogP) is 7.20. The molecule has 0 amide bonds. The monoisotopic (exact) mass is 446 g/mol. The van der Waals surface area contributed by atoms with E-state index in [1.165, 1.54) is 0 Å². The van der Waals surface area contributed by atoms with Crippen molar-refractivity contribution < 1.29 is 4.79 Å². The topological polar surface area (TPSA) is 41.8 Å². The van der Waals surface area contributed by atoms with E-state index < -0.39 is 0 Å². The molecule has 3 nitrogen and oxygen atoms in total. The quantitative estimate of drug-likeness (QED) is 0.422. The maximum Gasteiger partial charge on any atom is 0.186 e. The number of hydrogen-bond acceptors (Lipinski definition) is 3. The Labute approximate surface area is 202 Å². The van der Waals surface area contributed by atoms with E-state index in [0.717, 1.165) is 50.4 Å². The van der Waals surface area contributed by atoms with Gasteiger partial charge in [-0.15, -0.1) is 0 Å². The lowest BCUT2D eigenvalue weighted by Crippen LogP contribution is -2.28. The molecule has 5 rings (SSSR count). The molecule has 2 aromatic rings. The van der Waals surface area contributed by atoms with Crippen LogP contribution in [0.4, 0.5) is 0 Å². The maximum atomic E-state index is 13.4. The second-order valence-corrected chi connectivity index (χ2v) is 11.2. The Morgan fingerprint density at radius 3 is 1.44 bits per heavy atom. The lowest BCUT2D eigenvalue weighted by atomic mass is 9.72. The maximum absolute atomic E-state index is 13.4. The van der Waals surface area contributed by atoms with E-state index in [2.05, 4.69) is 78.0 Å². The molecule has 0 fully saturated rings. The lowest BCUT2D eigenvalue weighted by molar-refractivity contribution is -0.114. The zero-order valence-electron chi connectivity index (χ0n) is 20.7. The fourth-order valence-electron chi connectivity index (χ4n) is 4.62. The smallest absolute Gasteiger partial charge is 0.186 e. The van der Waals surface area contributed by atoms with Crippen LogP contribution in [0.3, 0.4) is 0 Å². The van der Waals surface area contributed by atoms with Gasteiger partial charge in [0.25, 0.3) is 0 Å². The van der Waals surface area contributed by atoms with Gasteiger partial charge in [-0.05, 0) is 34.1 Å². The van der Waals surface area contributed by atoms with E-state index in [1.807, 2.05) is 36.4 Å². The molecule has 170 valence electrons. The molecule has 2 aliphatic carbocycles. The average Bonchev–Trinajstić information content (AvgIpc) is 3.20. The summed E-state index contributed by atoms with van der Waals surface area (Å²) >= 11 is 0. The van der Waals surface area contributed by atoms with Gasteiger partial charge in [-0.25, -0.2) is 9.98 Å². The number of carbonyl (C=O) groups excluding carboxylic acids is 1. The van der Waals surface area contributed by atoms with Gasteiger partial charge in [-0.3, -0.25) is 4.79 Å². The first kappa shape index (κ1) is 22.2. The first-order valence-electron chi connectivity index (χ1n) is 11.8. The van der Waals surface area contributed by atoms with Gasteiger partial charge in [-0.2, -0.15) is 0 Å². The van der Waals surface area contributed by atoms with Crippen molar-refractivity contribution in [1.82, 2.24) is 0 Å². The molecule has 34 heavy (non-hydrogen) atoms. The Kier molecular flexibility index (Phi) is 5.05. The van der Waals surface area contributed by atoms with Crippen LogP contribution in [0, 0.1) is 10.8 Å². The average molecular weight is 447 g/mol. The highest BCUT2D eigenvalue weighted by molar-refractivity contribution is 6.56. The van der Waals surface area contributed by atoms with Gasteiger partial charge in [0.1, 0.15) is 0 Å². The normalized spacial score (nSPS) is 17.6. The first-order chi connectivity index (χ1) is 16.0. The molecule has 0 atom stereocenters. The van der Waals surface area contributed by atoms with E-state index in [9.17, 15) is 4.79 Å². The number of carbonyl (C=O) groups is 1. The third-order valence-corrected chi connectivity index (χ3v) is 6.50. The van der Waals surface area contributed by atoms with Crippen molar-refractivity contribution in [3.63, 3.8) is 0 Å². The van der Waals surface area contributed by atoms with Crippen LogP contribution in [-0.4, -0.2) is 17.2 Å². The van der Waals surface area contributed by atoms with Crippen LogP contribution in [0.1, 0.15) is 63.8 Å². The van der Waals surface area contributed by atoms with E-state index in [-0.39, 0.29) is 16.6 Å². The van der Waals surface area contributed by atoms with E-state index in [4.69, 9.17) is 9.98 Å². The van der Waals surface area contributed by atoms with E-state index >= 15 is 0 Å². The van der Waals surface area contributed by atoms with Gasteiger partial charge < -0.3 is 0 Å². The molecule has 2 aromatic carbocycles. The summed E-state index contributed by atoms with van der Waals surface area (Å²) in [4.78, 5) is 23.6. The Morgan fingerprint density at radius 2 is 1.03 bits per heavy atom. The van der Waals surface area contributed by atoms with Gasteiger partial charge in [0.15, 0.2) is 11.6 Å². The molecular weight excluding hydrogens is 416 g/mol. The number of benzene rings is 2. The number of Topliss-reactive ketones (excluding diaryl/α,β-unsaturated/α-hetero) is 1. The highest BCUT2D eigenvalue weighted by atomic mass is 16.1. The second-order valence-electron chi connectivity index (χ2n) is 11.2. The first-order valence-corrected chi connectivity index (χ1v) is 11.8. The molecule has 0 saturated carbocycles. The number of aliphatic imine (C=N–C) groups is 2. The summed E-state index contributed by atoms with van der Waals surface area (Å²) in [7, 11) is 0. The molecule has 0 spiro atoms. The molecule has 3 aliphatic rings. The van der Waals surface area contributed by atoms with Gasteiger partial charge in [0.05, 0.1) is 11.4 Å². The summed E-state index contributed by atoms with van der Waals surface area (Å²) in [5.41, 5.74) is 8.05. The number of rotatable bonds is 0. The Morgan fingerprint density at radius 1 is 0.618 bits per heavy atom. The van der Waals surface area contributed by atoms with Crippen molar-refractivity contribution in [1.29, 1.82) is 0 Å². The van der Waals surface area contributed by atoms with E-state index in [0.29, 0.717) is 5.82 Å². The van der Waals surface area contributed by atoms with Gasteiger partial charge in [0.2, 0.25) is 0 Å². The molecule has 3 heteroatoms. The molecule has 0 N–H and O–H groups in total. The minimum atomic E-state index is -0.280. The van der Waals surface area contributed by atoms with Gasteiger partial charge in [-0.1, -0.05) is 102 Å². The zero-order chi connectivity index (χ0) is 24.3. The SMILES string of the molecule is CC(C)(C)C1=CC(=C2N=C3C(=N2)c2ccccc2C=Cc2ccccc23)C=C(C(C)(C)C)C1=O. The van der Waals surface area contributed by atoms with Crippen LogP contribution in [0.5, 0.6) is 0 Å². The summed E-state index contributed by atoms with van der Waals surface area (Å²) in [5, 5.41) is 0. The molecule has 0 bridgehead atoms. The third kappa shape index (κ3) is 3.75. The number of hydrogen-bond donors (Lipinski definition) is 0. The minimum Gasteiger partial charge on any atom is -0.289 e. The molecule has 1 aliphatic heterocycles. The van der Waals surface area contributed by atoms with Gasteiger partial charge >= 0.3 is 0 Å². The predicted molar refractivity (Wildman–Crippen MR) is 142 cm³/mol. The fourth-order valence-corrected chi connectivity index (χ4v) is 4.62.